The van der Waals surface area contributed by atoms with Crippen LogP contribution in [0, 0.1) is 0 Å². The highest BCUT2D eigenvalue weighted by molar-refractivity contribution is 5.69. The molecule has 1 amide bonds. The third-order valence-corrected chi connectivity index (χ3v) is 3.66. The molecule has 6 heteroatoms. The Hall–Kier alpha value is -0.850. The van der Waals surface area contributed by atoms with Gasteiger partial charge in [0.05, 0.1) is 19.8 Å². The Morgan fingerprint density at radius 1 is 1.25 bits per heavy atom. The van der Waals surface area contributed by atoms with E-state index in [0.29, 0.717) is 0 Å². The first-order valence-electron chi connectivity index (χ1n) is 7.18. The van der Waals surface area contributed by atoms with Crippen molar-refractivity contribution in [2.75, 3.05) is 19.8 Å². The van der Waals surface area contributed by atoms with Crippen LogP contribution in [0.4, 0.5) is 4.79 Å². The predicted octanol–water partition coefficient (Wildman–Crippen LogP) is 1.56. The second-order valence-electron chi connectivity index (χ2n) is 6.76. The number of ether oxygens (including phenoxy) is 3. The minimum Gasteiger partial charge on any atom is -0.444 e. The number of aliphatic hydroxyl groups excluding tert-OH is 1. The van der Waals surface area contributed by atoms with Gasteiger partial charge >= 0.3 is 6.09 Å². The summed E-state index contributed by atoms with van der Waals surface area (Å²) in [6.07, 6.45) is 3.36. The molecular weight excluding hydrogens is 262 g/mol. The standard InChI is InChI=1S/C14H25NO5/c1-12(2,3)20-11(17)15-13(8-16)9-18-14(19-10-13)6-4-5-7-14/h16H,4-10H2,1-3H3,(H,15,17). The second-order valence-corrected chi connectivity index (χ2v) is 6.76. The van der Waals surface area contributed by atoms with Gasteiger partial charge in [-0.3, -0.25) is 0 Å². The topological polar surface area (TPSA) is 77.0 Å². The van der Waals surface area contributed by atoms with Crippen LogP contribution in [0.1, 0.15) is 46.5 Å². The van der Waals surface area contributed by atoms with E-state index in [1.807, 2.05) is 0 Å². The zero-order valence-electron chi connectivity index (χ0n) is 12.5. The van der Waals surface area contributed by atoms with E-state index in [1.165, 1.54) is 0 Å². The highest BCUT2D eigenvalue weighted by Crippen LogP contribution is 2.38. The number of hydrogen-bond donors (Lipinski definition) is 2. The van der Waals surface area contributed by atoms with Gasteiger partial charge in [0, 0.05) is 12.8 Å². The lowest BCUT2D eigenvalue weighted by Gasteiger charge is -2.44. The fourth-order valence-corrected chi connectivity index (χ4v) is 2.55. The highest BCUT2D eigenvalue weighted by atomic mass is 16.7. The maximum atomic E-state index is 11.8. The maximum Gasteiger partial charge on any atom is 0.408 e. The lowest BCUT2D eigenvalue weighted by Crippen LogP contribution is -2.64. The largest absolute Gasteiger partial charge is 0.444 e. The van der Waals surface area contributed by atoms with Crippen LogP contribution in [-0.2, 0) is 14.2 Å². The molecular formula is C14H25NO5. The molecule has 1 saturated heterocycles. The Labute approximate surface area is 119 Å². The normalized spacial score (nSPS) is 24.6. The molecule has 1 aliphatic heterocycles. The molecule has 0 bridgehead atoms. The molecule has 0 aromatic carbocycles. The van der Waals surface area contributed by atoms with Crippen molar-refractivity contribution < 1.29 is 24.1 Å². The highest BCUT2D eigenvalue weighted by Gasteiger charge is 2.47. The first-order valence-corrected chi connectivity index (χ1v) is 7.18. The van der Waals surface area contributed by atoms with Gasteiger partial charge in [-0.2, -0.15) is 0 Å². The molecule has 6 nitrogen and oxygen atoms in total. The van der Waals surface area contributed by atoms with Gasteiger partial charge in [0.1, 0.15) is 11.1 Å². The van der Waals surface area contributed by atoms with Crippen LogP contribution in [0.25, 0.3) is 0 Å². The number of nitrogens with one attached hydrogen (secondary N) is 1. The molecule has 1 heterocycles. The van der Waals surface area contributed by atoms with Gasteiger partial charge in [0.25, 0.3) is 0 Å². The first-order chi connectivity index (χ1) is 9.28. The summed E-state index contributed by atoms with van der Waals surface area (Å²) in [6.45, 7) is 5.60. The van der Waals surface area contributed by atoms with Crippen LogP contribution in [0.15, 0.2) is 0 Å². The molecule has 20 heavy (non-hydrogen) atoms. The fourth-order valence-electron chi connectivity index (χ4n) is 2.55. The molecule has 2 fully saturated rings. The molecule has 0 atom stereocenters. The molecule has 116 valence electrons. The molecule has 1 spiro atoms. The molecule has 0 unspecified atom stereocenters. The number of amides is 1. The molecule has 1 aliphatic carbocycles. The summed E-state index contributed by atoms with van der Waals surface area (Å²) >= 11 is 0. The van der Waals surface area contributed by atoms with Gasteiger partial charge in [-0.1, -0.05) is 0 Å². The first kappa shape index (κ1) is 15.5. The lowest BCUT2D eigenvalue weighted by molar-refractivity contribution is -0.289. The minimum absolute atomic E-state index is 0.239. The minimum atomic E-state index is -0.920. The van der Waals surface area contributed by atoms with Crippen molar-refractivity contribution in [2.45, 2.75) is 63.4 Å². The van der Waals surface area contributed by atoms with Crippen molar-refractivity contribution in [3.63, 3.8) is 0 Å². The van der Waals surface area contributed by atoms with Crippen LogP contribution >= 0.6 is 0 Å². The van der Waals surface area contributed by atoms with Crippen LogP contribution in [0.5, 0.6) is 0 Å². The van der Waals surface area contributed by atoms with Crippen LogP contribution < -0.4 is 5.32 Å². The van der Waals surface area contributed by atoms with Crippen LogP contribution in [0.2, 0.25) is 0 Å². The Morgan fingerprint density at radius 3 is 2.25 bits per heavy atom. The molecule has 0 radical (unpaired) electrons. The summed E-state index contributed by atoms with van der Waals surface area (Å²) in [7, 11) is 0. The van der Waals surface area contributed by atoms with E-state index in [2.05, 4.69) is 5.32 Å². The van der Waals surface area contributed by atoms with Gasteiger partial charge in [0.2, 0.25) is 0 Å². The molecule has 0 aromatic heterocycles. The van der Waals surface area contributed by atoms with E-state index < -0.39 is 23.0 Å². The lowest BCUT2D eigenvalue weighted by atomic mass is 10.0. The van der Waals surface area contributed by atoms with Crippen LogP contribution in [0.3, 0.4) is 0 Å². The molecule has 2 N–H and O–H groups in total. The van der Waals surface area contributed by atoms with Gasteiger partial charge in [-0.25, -0.2) is 4.79 Å². The summed E-state index contributed by atoms with van der Waals surface area (Å²) in [5.74, 6) is -0.506. The number of carbonyl (C=O) groups excluding carboxylic acids is 1. The van der Waals surface area contributed by atoms with E-state index in [0.717, 1.165) is 25.7 Å². The van der Waals surface area contributed by atoms with Crippen molar-refractivity contribution in [3.8, 4) is 0 Å². The number of carbonyl (C=O) groups is 1. The number of alkyl carbamates (subject to hydrolysis) is 1. The summed E-state index contributed by atoms with van der Waals surface area (Å²) in [5, 5.41) is 12.3. The molecule has 2 rings (SSSR count). The quantitative estimate of drug-likeness (QED) is 0.806. The van der Waals surface area contributed by atoms with E-state index >= 15 is 0 Å². The monoisotopic (exact) mass is 287 g/mol. The van der Waals surface area contributed by atoms with Gasteiger partial charge < -0.3 is 24.6 Å². The zero-order valence-corrected chi connectivity index (χ0v) is 12.5. The SMILES string of the molecule is CC(C)(C)OC(=O)NC1(CO)COC2(CCCC2)OC1. The predicted molar refractivity (Wildman–Crippen MR) is 72.3 cm³/mol. The third kappa shape index (κ3) is 3.62. The van der Waals surface area contributed by atoms with Crippen molar-refractivity contribution in [3.05, 3.63) is 0 Å². The Bertz CT molecular complexity index is 347. The van der Waals surface area contributed by atoms with E-state index in [9.17, 15) is 9.90 Å². The molecule has 1 saturated carbocycles. The van der Waals surface area contributed by atoms with Crippen molar-refractivity contribution in [1.29, 1.82) is 0 Å². The van der Waals surface area contributed by atoms with Gasteiger partial charge in [0.15, 0.2) is 5.79 Å². The molecule has 2 aliphatic rings. The van der Waals surface area contributed by atoms with Crippen LogP contribution in [-0.4, -0.2) is 47.9 Å². The summed E-state index contributed by atoms with van der Waals surface area (Å²) < 4.78 is 16.8. The fraction of sp³-hybridized carbons (Fsp3) is 0.929. The number of aliphatic hydroxyl groups is 1. The van der Waals surface area contributed by atoms with Crippen molar-refractivity contribution in [1.82, 2.24) is 5.32 Å². The zero-order chi connectivity index (χ0) is 14.9. The van der Waals surface area contributed by atoms with Gasteiger partial charge in [-0.15, -0.1) is 0 Å². The number of hydrogen-bond acceptors (Lipinski definition) is 5. The number of rotatable bonds is 2. The smallest absolute Gasteiger partial charge is 0.408 e. The summed E-state index contributed by atoms with van der Waals surface area (Å²) in [6, 6.07) is 0. The summed E-state index contributed by atoms with van der Waals surface area (Å²) in [4.78, 5) is 11.8. The Balaban J connectivity index is 1.93. The second kappa shape index (κ2) is 5.50. The summed E-state index contributed by atoms with van der Waals surface area (Å²) in [5.41, 5.74) is -1.50. The van der Waals surface area contributed by atoms with Crippen molar-refractivity contribution >= 4 is 6.09 Å². The van der Waals surface area contributed by atoms with Crippen molar-refractivity contribution in [2.24, 2.45) is 0 Å². The molecule has 0 aromatic rings. The Morgan fingerprint density at radius 2 is 1.80 bits per heavy atom. The Kier molecular flexibility index (Phi) is 4.27. The van der Waals surface area contributed by atoms with E-state index in [-0.39, 0.29) is 19.8 Å². The average Bonchev–Trinajstić information content (AvgIpc) is 2.79. The van der Waals surface area contributed by atoms with E-state index in [1.54, 1.807) is 20.8 Å². The maximum absolute atomic E-state index is 11.8. The third-order valence-electron chi connectivity index (χ3n) is 3.66. The van der Waals surface area contributed by atoms with Gasteiger partial charge in [-0.05, 0) is 33.6 Å². The van der Waals surface area contributed by atoms with E-state index in [4.69, 9.17) is 14.2 Å². The average molecular weight is 287 g/mol.